The molecule has 2 atom stereocenters. The Kier molecular flexibility index (Phi) is 3.38. The van der Waals surface area contributed by atoms with E-state index in [1.165, 1.54) is 4.90 Å². The van der Waals surface area contributed by atoms with Gasteiger partial charge in [-0.3, -0.25) is 10.1 Å². The predicted molar refractivity (Wildman–Crippen MR) is 66.4 cm³/mol. The van der Waals surface area contributed by atoms with E-state index in [1.807, 2.05) is 0 Å². The zero-order valence-electron chi connectivity index (χ0n) is 11.4. The summed E-state index contributed by atoms with van der Waals surface area (Å²) in [4.78, 5) is 36.4. The first-order valence-electron chi connectivity index (χ1n) is 6.39. The van der Waals surface area contributed by atoms with Crippen LogP contribution in [0.5, 0.6) is 0 Å². The van der Waals surface area contributed by atoms with Crippen LogP contribution in [0.3, 0.4) is 0 Å². The summed E-state index contributed by atoms with van der Waals surface area (Å²) in [5, 5.41) is 4.73. The Morgan fingerprint density at radius 3 is 2.58 bits per heavy atom. The first-order chi connectivity index (χ1) is 8.78. The standard InChI is InChI=1S/C12H19N3O4/c1-12(2,3)19-11(18)15-6-4-5-7(15)8-9(16)14-10(17)13-8/h7-8H,4-6H2,1-3H3,(H2,13,14,16,17)/t7-,8-/m1/s1. The van der Waals surface area contributed by atoms with Crippen LogP contribution in [0.25, 0.3) is 0 Å². The first kappa shape index (κ1) is 13.6. The van der Waals surface area contributed by atoms with Gasteiger partial charge in [0.1, 0.15) is 11.6 Å². The SMILES string of the molecule is CC(C)(C)OC(=O)N1CCC[C@@H]1[C@H]1NC(=O)NC1=O. The van der Waals surface area contributed by atoms with Crippen LogP contribution in [0.15, 0.2) is 0 Å². The summed E-state index contributed by atoms with van der Waals surface area (Å²) < 4.78 is 5.32. The molecule has 2 aliphatic heterocycles. The molecule has 0 bridgehead atoms. The van der Waals surface area contributed by atoms with E-state index in [1.54, 1.807) is 20.8 Å². The molecule has 2 aliphatic rings. The van der Waals surface area contributed by atoms with Crippen molar-refractivity contribution in [2.45, 2.75) is 51.3 Å². The minimum Gasteiger partial charge on any atom is -0.444 e. The van der Waals surface area contributed by atoms with Gasteiger partial charge in [-0.15, -0.1) is 0 Å². The average molecular weight is 269 g/mol. The maximum Gasteiger partial charge on any atom is 0.410 e. The second-order valence-electron chi connectivity index (χ2n) is 5.82. The number of amides is 4. The highest BCUT2D eigenvalue weighted by atomic mass is 16.6. The molecule has 4 amide bonds. The van der Waals surface area contributed by atoms with E-state index >= 15 is 0 Å². The summed E-state index contributed by atoms with van der Waals surface area (Å²) in [7, 11) is 0. The van der Waals surface area contributed by atoms with Crippen LogP contribution in [0.2, 0.25) is 0 Å². The largest absolute Gasteiger partial charge is 0.444 e. The summed E-state index contributed by atoms with van der Waals surface area (Å²) in [5.74, 6) is -0.384. The monoisotopic (exact) mass is 269 g/mol. The molecule has 0 aromatic heterocycles. The molecule has 2 fully saturated rings. The Morgan fingerprint density at radius 1 is 1.37 bits per heavy atom. The molecule has 0 spiro atoms. The Morgan fingerprint density at radius 2 is 2.05 bits per heavy atom. The average Bonchev–Trinajstić information content (AvgIpc) is 2.81. The number of imide groups is 1. The van der Waals surface area contributed by atoms with E-state index in [-0.39, 0.29) is 11.9 Å². The summed E-state index contributed by atoms with van der Waals surface area (Å²) in [6.07, 6.45) is 1.03. The molecule has 0 unspecified atom stereocenters. The van der Waals surface area contributed by atoms with Crippen molar-refractivity contribution in [1.82, 2.24) is 15.5 Å². The number of carbonyl (C=O) groups is 3. The molecule has 7 nitrogen and oxygen atoms in total. The highest BCUT2D eigenvalue weighted by Gasteiger charge is 2.44. The Hall–Kier alpha value is -1.79. The number of nitrogens with zero attached hydrogens (tertiary/aromatic N) is 1. The van der Waals surface area contributed by atoms with Crippen LogP contribution in [-0.2, 0) is 9.53 Å². The number of likely N-dealkylation sites (tertiary alicyclic amines) is 1. The van der Waals surface area contributed by atoms with Gasteiger partial charge >= 0.3 is 12.1 Å². The molecule has 0 aromatic rings. The molecule has 0 aromatic carbocycles. The van der Waals surface area contributed by atoms with Crippen molar-refractivity contribution in [2.24, 2.45) is 0 Å². The number of hydrogen-bond acceptors (Lipinski definition) is 4. The van der Waals surface area contributed by atoms with Gasteiger partial charge in [0.15, 0.2) is 0 Å². The lowest BCUT2D eigenvalue weighted by Crippen LogP contribution is -2.51. The zero-order chi connectivity index (χ0) is 14.2. The van der Waals surface area contributed by atoms with E-state index < -0.39 is 23.8 Å². The zero-order valence-corrected chi connectivity index (χ0v) is 11.4. The molecular weight excluding hydrogens is 250 g/mol. The molecule has 2 rings (SSSR count). The lowest BCUT2D eigenvalue weighted by molar-refractivity contribution is -0.121. The van der Waals surface area contributed by atoms with Crippen LogP contribution < -0.4 is 10.6 Å². The molecule has 0 aliphatic carbocycles. The van der Waals surface area contributed by atoms with E-state index in [2.05, 4.69) is 10.6 Å². The van der Waals surface area contributed by atoms with E-state index in [0.29, 0.717) is 13.0 Å². The van der Waals surface area contributed by atoms with Crippen molar-refractivity contribution in [3.63, 3.8) is 0 Å². The van der Waals surface area contributed by atoms with Crippen molar-refractivity contribution >= 4 is 18.0 Å². The van der Waals surface area contributed by atoms with Crippen molar-refractivity contribution in [2.75, 3.05) is 6.54 Å². The Labute approximate surface area is 111 Å². The van der Waals surface area contributed by atoms with Gasteiger partial charge in [0.2, 0.25) is 0 Å². The topological polar surface area (TPSA) is 87.7 Å². The minimum atomic E-state index is -0.678. The van der Waals surface area contributed by atoms with E-state index in [4.69, 9.17) is 4.74 Å². The van der Waals surface area contributed by atoms with Crippen LogP contribution in [0.1, 0.15) is 33.6 Å². The summed E-state index contributed by atoms with van der Waals surface area (Å²) in [6, 6.07) is -1.52. The maximum absolute atomic E-state index is 12.1. The van der Waals surface area contributed by atoms with Crippen molar-refractivity contribution in [1.29, 1.82) is 0 Å². The summed E-state index contributed by atoms with van der Waals surface area (Å²) >= 11 is 0. The van der Waals surface area contributed by atoms with Crippen molar-refractivity contribution in [3.05, 3.63) is 0 Å². The molecule has 2 heterocycles. The third-order valence-corrected chi connectivity index (χ3v) is 3.12. The smallest absolute Gasteiger partial charge is 0.410 e. The second kappa shape index (κ2) is 4.71. The molecule has 2 saturated heterocycles. The molecule has 106 valence electrons. The summed E-state index contributed by atoms with van der Waals surface area (Å²) in [5.41, 5.74) is -0.578. The fourth-order valence-corrected chi connectivity index (χ4v) is 2.39. The van der Waals surface area contributed by atoms with Gasteiger partial charge in [0.05, 0.1) is 6.04 Å². The van der Waals surface area contributed by atoms with Gasteiger partial charge < -0.3 is 15.0 Å². The molecule has 19 heavy (non-hydrogen) atoms. The fourth-order valence-electron chi connectivity index (χ4n) is 2.39. The third-order valence-electron chi connectivity index (χ3n) is 3.12. The number of urea groups is 1. The normalized spacial score (nSPS) is 27.2. The number of ether oxygens (including phenoxy) is 1. The van der Waals surface area contributed by atoms with Crippen LogP contribution in [-0.4, -0.2) is 47.2 Å². The van der Waals surface area contributed by atoms with Crippen molar-refractivity contribution in [3.8, 4) is 0 Å². The quantitative estimate of drug-likeness (QED) is 0.682. The lowest BCUT2D eigenvalue weighted by atomic mass is 10.1. The van der Waals surface area contributed by atoms with Gasteiger partial charge in [0.25, 0.3) is 5.91 Å². The maximum atomic E-state index is 12.1. The fraction of sp³-hybridized carbons (Fsp3) is 0.750. The van der Waals surface area contributed by atoms with E-state index in [0.717, 1.165) is 6.42 Å². The molecule has 7 heteroatoms. The Bertz CT molecular complexity index is 416. The van der Waals surface area contributed by atoms with Gasteiger partial charge in [0, 0.05) is 6.54 Å². The number of rotatable bonds is 1. The molecule has 0 radical (unpaired) electrons. The lowest BCUT2D eigenvalue weighted by Gasteiger charge is -2.30. The van der Waals surface area contributed by atoms with Gasteiger partial charge in [-0.25, -0.2) is 9.59 Å². The summed E-state index contributed by atoms with van der Waals surface area (Å²) in [6.45, 7) is 5.92. The van der Waals surface area contributed by atoms with Crippen molar-refractivity contribution < 1.29 is 19.1 Å². The predicted octanol–water partition coefficient (Wildman–Crippen LogP) is 0.594. The first-order valence-corrected chi connectivity index (χ1v) is 6.39. The molecular formula is C12H19N3O4. The molecule has 2 N–H and O–H groups in total. The van der Waals surface area contributed by atoms with Crippen LogP contribution in [0, 0.1) is 0 Å². The van der Waals surface area contributed by atoms with E-state index in [9.17, 15) is 14.4 Å². The molecule has 0 saturated carbocycles. The second-order valence-corrected chi connectivity index (χ2v) is 5.82. The highest BCUT2D eigenvalue weighted by Crippen LogP contribution is 2.24. The number of carbonyl (C=O) groups excluding carboxylic acids is 3. The van der Waals surface area contributed by atoms with Gasteiger partial charge in [-0.1, -0.05) is 0 Å². The number of nitrogens with one attached hydrogen (secondary N) is 2. The number of hydrogen-bond donors (Lipinski definition) is 2. The third kappa shape index (κ3) is 2.97. The van der Waals surface area contributed by atoms with Crippen LogP contribution in [0.4, 0.5) is 9.59 Å². The minimum absolute atomic E-state index is 0.332. The van der Waals surface area contributed by atoms with Crippen LogP contribution >= 0.6 is 0 Å². The highest BCUT2D eigenvalue weighted by molar-refractivity contribution is 6.04. The van der Waals surface area contributed by atoms with Gasteiger partial charge in [-0.05, 0) is 33.6 Å². The van der Waals surface area contributed by atoms with Gasteiger partial charge in [-0.2, -0.15) is 0 Å². The Balaban J connectivity index is 2.07.